The molecule has 1 aliphatic heterocycles. The Kier molecular flexibility index (Phi) is 6.39. The first-order chi connectivity index (χ1) is 13.8. The smallest absolute Gasteiger partial charge is 0.293 e. The predicted molar refractivity (Wildman–Crippen MR) is 111 cm³/mol. The van der Waals surface area contributed by atoms with E-state index >= 15 is 0 Å². The topological polar surface area (TPSA) is 113 Å². The Morgan fingerprint density at radius 2 is 1.97 bits per heavy atom. The summed E-state index contributed by atoms with van der Waals surface area (Å²) in [6, 6.07) is 10.7. The molecular formula is C20H25N3O5S. The molecule has 3 rings (SSSR count). The summed E-state index contributed by atoms with van der Waals surface area (Å²) in [6.07, 6.45) is 2.37. The van der Waals surface area contributed by atoms with Gasteiger partial charge in [-0.2, -0.15) is 4.31 Å². The molecule has 1 heterocycles. The number of rotatable bonds is 7. The quantitative estimate of drug-likeness (QED) is 0.525. The van der Waals surface area contributed by atoms with Crippen LogP contribution in [0.15, 0.2) is 47.4 Å². The second-order valence-corrected chi connectivity index (χ2v) is 9.33. The van der Waals surface area contributed by atoms with Crippen molar-refractivity contribution in [3.05, 3.63) is 58.1 Å². The van der Waals surface area contributed by atoms with Crippen molar-refractivity contribution < 1.29 is 18.4 Å². The molecule has 0 aliphatic carbocycles. The minimum absolute atomic E-state index is 0.0533. The van der Waals surface area contributed by atoms with Gasteiger partial charge in [0, 0.05) is 25.7 Å². The number of hydrogen-bond acceptors (Lipinski definition) is 6. The van der Waals surface area contributed by atoms with Crippen molar-refractivity contribution in [2.75, 3.05) is 25.0 Å². The van der Waals surface area contributed by atoms with E-state index < -0.39 is 14.9 Å². The third-order valence-electron chi connectivity index (χ3n) is 5.09. The van der Waals surface area contributed by atoms with Crippen LogP contribution in [0.25, 0.3) is 0 Å². The highest BCUT2D eigenvalue weighted by Crippen LogP contribution is 2.30. The summed E-state index contributed by atoms with van der Waals surface area (Å²) in [5.41, 5.74) is 0.984. The van der Waals surface area contributed by atoms with E-state index in [1.54, 1.807) is 24.3 Å². The maximum atomic E-state index is 12.9. The van der Waals surface area contributed by atoms with Gasteiger partial charge in [-0.15, -0.1) is 0 Å². The molecule has 0 amide bonds. The molecule has 1 atom stereocenters. The van der Waals surface area contributed by atoms with Gasteiger partial charge in [0.1, 0.15) is 11.4 Å². The van der Waals surface area contributed by atoms with Gasteiger partial charge < -0.3 is 10.4 Å². The van der Waals surface area contributed by atoms with E-state index in [4.69, 9.17) is 0 Å². The van der Waals surface area contributed by atoms with Crippen LogP contribution in [0.2, 0.25) is 0 Å². The lowest BCUT2D eigenvalue weighted by Gasteiger charge is -2.30. The Morgan fingerprint density at radius 1 is 1.24 bits per heavy atom. The zero-order chi connectivity index (χ0) is 21.0. The Hall–Kier alpha value is -2.65. The van der Waals surface area contributed by atoms with Crippen LogP contribution in [0.3, 0.4) is 0 Å². The normalized spacial score (nSPS) is 17.8. The number of nitro groups is 1. The van der Waals surface area contributed by atoms with Gasteiger partial charge in [-0.3, -0.25) is 10.1 Å². The zero-order valence-electron chi connectivity index (χ0n) is 16.2. The van der Waals surface area contributed by atoms with E-state index in [2.05, 4.69) is 5.32 Å². The maximum Gasteiger partial charge on any atom is 0.293 e. The monoisotopic (exact) mass is 419 g/mol. The van der Waals surface area contributed by atoms with Crippen molar-refractivity contribution in [1.29, 1.82) is 0 Å². The summed E-state index contributed by atoms with van der Waals surface area (Å²) >= 11 is 0. The summed E-state index contributed by atoms with van der Waals surface area (Å²) in [7, 11) is -3.76. The van der Waals surface area contributed by atoms with Crippen molar-refractivity contribution in [3.8, 4) is 5.75 Å². The lowest BCUT2D eigenvalue weighted by Crippen LogP contribution is -2.39. The number of hydrogen-bond donors (Lipinski definition) is 2. The molecule has 156 valence electrons. The fraction of sp³-hybridized carbons (Fsp3) is 0.400. The molecule has 0 spiro atoms. The zero-order valence-corrected chi connectivity index (χ0v) is 17.1. The number of nitrogens with zero attached hydrogens (tertiary/aromatic N) is 2. The van der Waals surface area contributed by atoms with Crippen molar-refractivity contribution in [2.24, 2.45) is 5.92 Å². The average molecular weight is 420 g/mol. The number of anilines is 1. The van der Waals surface area contributed by atoms with Gasteiger partial charge >= 0.3 is 0 Å². The molecule has 9 heteroatoms. The van der Waals surface area contributed by atoms with Crippen LogP contribution in [0.5, 0.6) is 5.75 Å². The summed E-state index contributed by atoms with van der Waals surface area (Å²) in [5, 5.41) is 23.9. The minimum Gasteiger partial charge on any atom is -0.508 e. The second kappa shape index (κ2) is 8.79. The van der Waals surface area contributed by atoms with Crippen LogP contribution in [-0.4, -0.2) is 42.4 Å². The van der Waals surface area contributed by atoms with Crippen LogP contribution in [0.1, 0.15) is 25.3 Å². The third kappa shape index (κ3) is 5.04. The molecule has 0 aromatic heterocycles. The summed E-state index contributed by atoms with van der Waals surface area (Å²) in [6.45, 7) is 3.31. The first-order valence-corrected chi connectivity index (χ1v) is 11.0. The fourth-order valence-electron chi connectivity index (χ4n) is 3.49. The van der Waals surface area contributed by atoms with Gasteiger partial charge in [0.2, 0.25) is 10.0 Å². The molecule has 2 aromatic rings. The van der Waals surface area contributed by atoms with Crippen LogP contribution in [-0.2, 0) is 16.4 Å². The van der Waals surface area contributed by atoms with E-state index in [9.17, 15) is 23.6 Å². The van der Waals surface area contributed by atoms with Crippen molar-refractivity contribution in [1.82, 2.24) is 4.31 Å². The van der Waals surface area contributed by atoms with Gasteiger partial charge in [0.15, 0.2) is 0 Å². The van der Waals surface area contributed by atoms with Crippen molar-refractivity contribution in [2.45, 2.75) is 31.1 Å². The second-order valence-electron chi connectivity index (χ2n) is 7.39. The van der Waals surface area contributed by atoms with Crippen LogP contribution >= 0.6 is 0 Å². The van der Waals surface area contributed by atoms with Crippen LogP contribution in [0.4, 0.5) is 11.4 Å². The van der Waals surface area contributed by atoms with Gasteiger partial charge in [-0.25, -0.2) is 8.42 Å². The number of phenols is 1. The van der Waals surface area contributed by atoms with E-state index in [-0.39, 0.29) is 27.9 Å². The maximum absolute atomic E-state index is 12.9. The molecule has 2 N–H and O–H groups in total. The molecule has 0 saturated carbocycles. The highest BCUT2D eigenvalue weighted by Gasteiger charge is 2.30. The van der Waals surface area contributed by atoms with E-state index in [1.165, 1.54) is 16.4 Å². The molecule has 0 unspecified atom stereocenters. The Labute approximate surface area is 170 Å². The number of nitrogens with one attached hydrogen (secondary N) is 1. The van der Waals surface area contributed by atoms with Gasteiger partial charge in [0.05, 0.1) is 9.82 Å². The van der Waals surface area contributed by atoms with E-state index in [1.807, 2.05) is 6.92 Å². The molecule has 1 saturated heterocycles. The summed E-state index contributed by atoms with van der Waals surface area (Å²) < 4.78 is 27.2. The predicted octanol–water partition coefficient (Wildman–Crippen LogP) is 3.38. The third-order valence-corrected chi connectivity index (χ3v) is 6.95. The Morgan fingerprint density at radius 3 is 2.62 bits per heavy atom. The molecule has 8 nitrogen and oxygen atoms in total. The van der Waals surface area contributed by atoms with Crippen molar-refractivity contribution >= 4 is 21.4 Å². The molecule has 0 bridgehead atoms. The first kappa shape index (κ1) is 21.1. The Bertz CT molecular complexity index is 976. The van der Waals surface area contributed by atoms with Gasteiger partial charge in [-0.1, -0.05) is 19.1 Å². The Balaban J connectivity index is 1.76. The lowest BCUT2D eigenvalue weighted by molar-refractivity contribution is -0.384. The fourth-order valence-corrected chi connectivity index (χ4v) is 5.11. The number of phenolic OH excluding ortho intramolecular Hbond substituents is 1. The number of sulfonamides is 1. The molecule has 1 aliphatic rings. The molecule has 1 fully saturated rings. The molecule has 2 aromatic carbocycles. The largest absolute Gasteiger partial charge is 0.508 e. The molecule has 29 heavy (non-hydrogen) atoms. The number of benzene rings is 2. The number of nitro benzene ring substituents is 1. The summed E-state index contributed by atoms with van der Waals surface area (Å²) in [5.74, 6) is 0.451. The van der Waals surface area contributed by atoms with Gasteiger partial charge in [0.25, 0.3) is 5.69 Å². The summed E-state index contributed by atoms with van der Waals surface area (Å²) in [4.78, 5) is 10.9. The van der Waals surface area contributed by atoms with E-state index in [0.29, 0.717) is 26.1 Å². The van der Waals surface area contributed by atoms with Crippen molar-refractivity contribution in [3.63, 3.8) is 0 Å². The SMILES string of the molecule is C[C@@H]1CCCN(S(=O)(=O)c2ccc(NCCc3ccc(O)cc3)c([N+](=O)[O-])c2)C1. The first-order valence-electron chi connectivity index (χ1n) is 9.58. The van der Waals surface area contributed by atoms with E-state index in [0.717, 1.165) is 24.5 Å². The lowest BCUT2D eigenvalue weighted by atomic mass is 10.0. The van der Waals surface area contributed by atoms with Crippen LogP contribution < -0.4 is 5.32 Å². The van der Waals surface area contributed by atoms with Crippen LogP contribution in [0, 0.1) is 16.0 Å². The van der Waals surface area contributed by atoms with Gasteiger partial charge in [-0.05, 0) is 55.0 Å². The standard InChI is InChI=1S/C20H25N3O5S/c1-15-3-2-12-22(14-15)29(27,28)18-8-9-19(20(13-18)23(25)26)21-11-10-16-4-6-17(24)7-5-16/h4-9,13,15,21,24H,2-3,10-12,14H2,1H3/t15-/m1/s1. The molecule has 0 radical (unpaired) electrons. The highest BCUT2D eigenvalue weighted by atomic mass is 32.2. The molecular weight excluding hydrogens is 394 g/mol. The number of piperidine rings is 1. The minimum atomic E-state index is -3.76. The highest BCUT2D eigenvalue weighted by molar-refractivity contribution is 7.89. The number of aromatic hydroxyl groups is 1. The average Bonchev–Trinajstić information content (AvgIpc) is 2.69.